The third kappa shape index (κ3) is 4.03. The molecule has 0 bridgehead atoms. The van der Waals surface area contributed by atoms with Gasteiger partial charge in [-0.2, -0.15) is 4.98 Å². The second kappa shape index (κ2) is 7.00. The molecule has 1 heterocycles. The number of methoxy groups -OCH3 is 1. The van der Waals surface area contributed by atoms with Crippen molar-refractivity contribution in [2.45, 2.75) is 26.4 Å². The second-order valence-electron chi connectivity index (χ2n) is 4.35. The van der Waals surface area contributed by atoms with Crippen molar-refractivity contribution >= 4 is 11.5 Å². The molecule has 0 radical (unpaired) electrons. The Labute approximate surface area is 108 Å². The number of hydrogen-bond acceptors (Lipinski definition) is 6. The maximum atomic E-state index is 6.01. The number of nitrogen functional groups attached to an aromatic ring is 1. The minimum absolute atomic E-state index is 0.0360. The van der Waals surface area contributed by atoms with Crippen LogP contribution in [0.4, 0.5) is 11.5 Å². The molecule has 6 heteroatoms. The van der Waals surface area contributed by atoms with E-state index in [2.05, 4.69) is 9.97 Å². The maximum Gasteiger partial charge on any atom is 0.242 e. The maximum absolute atomic E-state index is 6.01. The molecule has 0 aliphatic rings. The van der Waals surface area contributed by atoms with Crippen LogP contribution in [0.3, 0.4) is 0 Å². The molecular weight excluding hydrogens is 232 g/mol. The van der Waals surface area contributed by atoms with Gasteiger partial charge in [0.1, 0.15) is 12.0 Å². The first-order valence-electron chi connectivity index (χ1n) is 6.03. The third-order valence-corrected chi connectivity index (χ3v) is 2.38. The van der Waals surface area contributed by atoms with Crippen molar-refractivity contribution in [3.8, 4) is 5.88 Å². The summed E-state index contributed by atoms with van der Waals surface area (Å²) in [6, 6.07) is 0. The summed E-state index contributed by atoms with van der Waals surface area (Å²) in [6.07, 6.45) is 2.42. The summed E-state index contributed by atoms with van der Waals surface area (Å²) in [5, 5.41) is 0. The van der Waals surface area contributed by atoms with E-state index in [9.17, 15) is 0 Å². The standard InChI is InChI=1S/C12H22N4O2/c1-9(2)18-12-10(13)11(14-8-15-12)16(3)6-5-7-17-4/h8-9H,5-7,13H2,1-4H3. The molecule has 0 aliphatic heterocycles. The van der Waals surface area contributed by atoms with Crippen LogP contribution in [-0.4, -0.2) is 43.4 Å². The van der Waals surface area contributed by atoms with E-state index in [1.165, 1.54) is 6.33 Å². The van der Waals surface area contributed by atoms with E-state index in [1.54, 1.807) is 7.11 Å². The monoisotopic (exact) mass is 254 g/mol. The Hall–Kier alpha value is -1.56. The third-order valence-electron chi connectivity index (χ3n) is 2.38. The molecule has 1 rings (SSSR count). The molecule has 0 fully saturated rings. The predicted molar refractivity (Wildman–Crippen MR) is 72.0 cm³/mol. The van der Waals surface area contributed by atoms with Crippen LogP contribution in [0, 0.1) is 0 Å². The summed E-state index contributed by atoms with van der Waals surface area (Å²) in [5.41, 5.74) is 6.49. The Morgan fingerprint density at radius 3 is 2.72 bits per heavy atom. The van der Waals surface area contributed by atoms with Crippen LogP contribution in [0.2, 0.25) is 0 Å². The number of ether oxygens (including phenoxy) is 2. The van der Waals surface area contributed by atoms with Gasteiger partial charge < -0.3 is 20.1 Å². The fourth-order valence-electron chi connectivity index (χ4n) is 1.54. The number of nitrogens with two attached hydrogens (primary N) is 1. The lowest BCUT2D eigenvalue weighted by molar-refractivity contribution is 0.196. The predicted octanol–water partition coefficient (Wildman–Crippen LogP) is 1.32. The van der Waals surface area contributed by atoms with Crippen LogP contribution in [0.1, 0.15) is 20.3 Å². The van der Waals surface area contributed by atoms with Crippen LogP contribution in [0.25, 0.3) is 0 Å². The molecule has 0 aromatic carbocycles. The van der Waals surface area contributed by atoms with Gasteiger partial charge in [0.2, 0.25) is 5.88 Å². The first-order chi connectivity index (χ1) is 8.56. The Morgan fingerprint density at radius 2 is 2.11 bits per heavy atom. The van der Waals surface area contributed by atoms with E-state index in [4.69, 9.17) is 15.2 Å². The van der Waals surface area contributed by atoms with Gasteiger partial charge in [0, 0.05) is 27.3 Å². The normalized spacial score (nSPS) is 10.7. The summed E-state index contributed by atoms with van der Waals surface area (Å²) in [5.74, 6) is 1.13. The lowest BCUT2D eigenvalue weighted by Crippen LogP contribution is -2.23. The van der Waals surface area contributed by atoms with Gasteiger partial charge in [-0.1, -0.05) is 0 Å². The van der Waals surface area contributed by atoms with Gasteiger partial charge in [-0.15, -0.1) is 0 Å². The summed E-state index contributed by atoms with van der Waals surface area (Å²) in [6.45, 7) is 5.40. The molecule has 0 unspecified atom stereocenters. The van der Waals surface area contributed by atoms with Gasteiger partial charge in [0.05, 0.1) is 6.10 Å². The lowest BCUT2D eigenvalue weighted by Gasteiger charge is -2.21. The first-order valence-corrected chi connectivity index (χ1v) is 6.03. The van der Waals surface area contributed by atoms with E-state index < -0.39 is 0 Å². The molecule has 0 atom stereocenters. The number of aromatic nitrogens is 2. The summed E-state index contributed by atoms with van der Waals surface area (Å²) >= 11 is 0. The van der Waals surface area contributed by atoms with Gasteiger partial charge in [-0.3, -0.25) is 0 Å². The SMILES string of the molecule is COCCCN(C)c1ncnc(OC(C)C)c1N. The Bertz CT molecular complexity index is 371. The van der Waals surface area contributed by atoms with Crippen molar-refractivity contribution < 1.29 is 9.47 Å². The minimum atomic E-state index is 0.0360. The van der Waals surface area contributed by atoms with E-state index in [0.29, 0.717) is 24.0 Å². The first kappa shape index (κ1) is 14.5. The molecule has 18 heavy (non-hydrogen) atoms. The average molecular weight is 254 g/mol. The zero-order valence-electron chi connectivity index (χ0n) is 11.5. The highest BCUT2D eigenvalue weighted by atomic mass is 16.5. The number of rotatable bonds is 7. The zero-order chi connectivity index (χ0) is 13.5. The van der Waals surface area contributed by atoms with Crippen LogP contribution in [0.5, 0.6) is 5.88 Å². The quantitative estimate of drug-likeness (QED) is 0.740. The Kier molecular flexibility index (Phi) is 5.64. The Balaban J connectivity index is 2.75. The van der Waals surface area contributed by atoms with E-state index >= 15 is 0 Å². The van der Waals surface area contributed by atoms with Gasteiger partial charge in [-0.05, 0) is 20.3 Å². The average Bonchev–Trinajstić information content (AvgIpc) is 2.31. The molecule has 102 valence electrons. The van der Waals surface area contributed by atoms with Gasteiger partial charge >= 0.3 is 0 Å². The minimum Gasteiger partial charge on any atom is -0.473 e. The van der Waals surface area contributed by atoms with E-state index in [-0.39, 0.29) is 6.10 Å². The van der Waals surface area contributed by atoms with Gasteiger partial charge in [0.25, 0.3) is 0 Å². The lowest BCUT2D eigenvalue weighted by atomic mass is 10.3. The van der Waals surface area contributed by atoms with Crippen molar-refractivity contribution in [1.82, 2.24) is 9.97 Å². The molecular formula is C12H22N4O2. The van der Waals surface area contributed by atoms with Gasteiger partial charge in [0.15, 0.2) is 5.82 Å². The van der Waals surface area contributed by atoms with Crippen LogP contribution >= 0.6 is 0 Å². The molecule has 0 spiro atoms. The van der Waals surface area contributed by atoms with Crippen LogP contribution in [0.15, 0.2) is 6.33 Å². The zero-order valence-corrected chi connectivity index (χ0v) is 11.5. The number of nitrogens with zero attached hydrogens (tertiary/aromatic N) is 3. The van der Waals surface area contributed by atoms with Gasteiger partial charge in [-0.25, -0.2) is 4.98 Å². The van der Waals surface area contributed by atoms with Crippen molar-refractivity contribution in [2.24, 2.45) is 0 Å². The largest absolute Gasteiger partial charge is 0.473 e. The highest BCUT2D eigenvalue weighted by Crippen LogP contribution is 2.27. The molecule has 0 saturated carbocycles. The molecule has 1 aromatic rings. The number of hydrogen-bond donors (Lipinski definition) is 1. The molecule has 0 aliphatic carbocycles. The topological polar surface area (TPSA) is 73.5 Å². The van der Waals surface area contributed by atoms with E-state index in [1.807, 2.05) is 25.8 Å². The van der Waals surface area contributed by atoms with Crippen molar-refractivity contribution in [3.05, 3.63) is 6.33 Å². The van der Waals surface area contributed by atoms with Crippen molar-refractivity contribution in [2.75, 3.05) is 37.9 Å². The van der Waals surface area contributed by atoms with E-state index in [0.717, 1.165) is 13.0 Å². The Morgan fingerprint density at radius 1 is 1.39 bits per heavy atom. The molecule has 2 N–H and O–H groups in total. The summed E-state index contributed by atoms with van der Waals surface area (Å²) in [7, 11) is 3.63. The van der Waals surface area contributed by atoms with Crippen molar-refractivity contribution in [1.29, 1.82) is 0 Å². The fraction of sp³-hybridized carbons (Fsp3) is 0.667. The molecule has 6 nitrogen and oxygen atoms in total. The second-order valence-corrected chi connectivity index (χ2v) is 4.35. The fourth-order valence-corrected chi connectivity index (χ4v) is 1.54. The van der Waals surface area contributed by atoms with Crippen LogP contribution in [-0.2, 0) is 4.74 Å². The smallest absolute Gasteiger partial charge is 0.242 e. The summed E-state index contributed by atoms with van der Waals surface area (Å²) < 4.78 is 10.6. The summed E-state index contributed by atoms with van der Waals surface area (Å²) in [4.78, 5) is 10.2. The van der Waals surface area contributed by atoms with Crippen molar-refractivity contribution in [3.63, 3.8) is 0 Å². The highest BCUT2D eigenvalue weighted by molar-refractivity contribution is 5.67. The molecule has 1 aromatic heterocycles. The molecule has 0 amide bonds. The van der Waals surface area contributed by atoms with Crippen LogP contribution < -0.4 is 15.4 Å². The number of anilines is 2. The highest BCUT2D eigenvalue weighted by Gasteiger charge is 2.13. The molecule has 0 saturated heterocycles.